The third-order valence-electron chi connectivity index (χ3n) is 2.78. The number of nitrogens with one attached hydrogen (secondary N) is 1. The van der Waals surface area contributed by atoms with Gasteiger partial charge >= 0.3 is 0 Å². The van der Waals surface area contributed by atoms with Gasteiger partial charge in [0, 0.05) is 13.3 Å². The van der Waals surface area contributed by atoms with Crippen molar-refractivity contribution in [1.82, 2.24) is 9.97 Å². The second-order valence-electron chi connectivity index (χ2n) is 3.91. The third kappa shape index (κ3) is 2.39. The van der Waals surface area contributed by atoms with Crippen molar-refractivity contribution in [1.29, 1.82) is 0 Å². The molecule has 0 aromatic carbocycles. The van der Waals surface area contributed by atoms with Crippen molar-refractivity contribution in [2.45, 2.75) is 24.8 Å². The lowest BCUT2D eigenvalue weighted by atomic mass is 9.77. The lowest BCUT2D eigenvalue weighted by Gasteiger charge is -2.42. The van der Waals surface area contributed by atoms with Gasteiger partial charge < -0.3 is 10.1 Å². The van der Waals surface area contributed by atoms with E-state index in [0.717, 1.165) is 28.8 Å². The number of nitrogens with zero attached hydrogens (tertiary/aromatic N) is 2. The second kappa shape index (κ2) is 4.61. The van der Waals surface area contributed by atoms with Crippen LogP contribution in [0.15, 0.2) is 12.5 Å². The molecule has 1 aromatic rings. The maximum absolute atomic E-state index is 5.25. The third-order valence-corrected chi connectivity index (χ3v) is 3.57. The first kappa shape index (κ1) is 11.1. The van der Waals surface area contributed by atoms with Crippen molar-refractivity contribution >= 4 is 28.4 Å². The van der Waals surface area contributed by atoms with E-state index in [-0.39, 0.29) is 5.54 Å². The summed E-state index contributed by atoms with van der Waals surface area (Å²) in [5.74, 6) is 0.919. The molecule has 1 aliphatic carbocycles. The lowest BCUT2D eigenvalue weighted by molar-refractivity contribution is 0.0980. The van der Waals surface area contributed by atoms with Crippen molar-refractivity contribution in [2.24, 2.45) is 0 Å². The average Bonchev–Trinajstić information content (AvgIpc) is 2.18. The molecular weight excluding hydrogens is 305 g/mol. The molecule has 0 aliphatic heterocycles. The van der Waals surface area contributed by atoms with E-state index in [1.807, 2.05) is 6.20 Å². The first-order valence-corrected chi connectivity index (χ1v) is 6.06. The molecule has 0 atom stereocenters. The molecular formula is C10H14IN3O. The molecule has 4 nitrogen and oxygen atoms in total. The van der Waals surface area contributed by atoms with Crippen molar-refractivity contribution in [3.8, 4) is 0 Å². The van der Waals surface area contributed by atoms with Crippen LogP contribution in [0.2, 0.25) is 0 Å². The summed E-state index contributed by atoms with van der Waals surface area (Å²) < 4.78 is 6.31. The van der Waals surface area contributed by atoms with Gasteiger partial charge in [-0.1, -0.05) is 0 Å². The minimum atomic E-state index is 0.100. The van der Waals surface area contributed by atoms with E-state index in [4.69, 9.17) is 4.74 Å². The van der Waals surface area contributed by atoms with Gasteiger partial charge in [0.25, 0.3) is 0 Å². The molecule has 0 saturated heterocycles. The van der Waals surface area contributed by atoms with Crippen LogP contribution < -0.4 is 5.32 Å². The molecule has 1 aliphatic rings. The fourth-order valence-corrected chi connectivity index (χ4v) is 2.28. The highest BCUT2D eigenvalue weighted by molar-refractivity contribution is 14.1. The van der Waals surface area contributed by atoms with Gasteiger partial charge in [0.1, 0.15) is 12.1 Å². The number of hydrogen-bond donors (Lipinski definition) is 1. The number of halogens is 1. The summed E-state index contributed by atoms with van der Waals surface area (Å²) in [6.45, 7) is 0.743. The Morgan fingerprint density at radius 3 is 2.93 bits per heavy atom. The second-order valence-corrected chi connectivity index (χ2v) is 5.07. The minimum absolute atomic E-state index is 0.100. The average molecular weight is 319 g/mol. The molecule has 0 unspecified atom stereocenters. The van der Waals surface area contributed by atoms with Crippen LogP contribution in [0.3, 0.4) is 0 Å². The summed E-state index contributed by atoms with van der Waals surface area (Å²) in [6.07, 6.45) is 6.96. The predicted octanol–water partition coefficient (Wildman–Crippen LogP) is 2.06. The molecule has 82 valence electrons. The molecule has 1 N–H and O–H groups in total. The summed E-state index contributed by atoms with van der Waals surface area (Å²) in [5, 5.41) is 3.48. The molecule has 2 rings (SSSR count). The van der Waals surface area contributed by atoms with E-state index >= 15 is 0 Å². The van der Waals surface area contributed by atoms with Crippen molar-refractivity contribution in [2.75, 3.05) is 19.0 Å². The molecule has 1 fully saturated rings. The number of ether oxygens (including phenoxy) is 1. The molecule has 0 amide bonds. The highest BCUT2D eigenvalue weighted by Gasteiger charge is 2.37. The van der Waals surface area contributed by atoms with Crippen LogP contribution in [0.4, 0.5) is 5.82 Å². The number of hydrogen-bond acceptors (Lipinski definition) is 4. The Kier molecular flexibility index (Phi) is 3.40. The van der Waals surface area contributed by atoms with Crippen molar-refractivity contribution in [3.05, 3.63) is 16.1 Å². The normalized spacial score (nSPS) is 18.3. The van der Waals surface area contributed by atoms with Crippen molar-refractivity contribution < 1.29 is 4.74 Å². The summed E-state index contributed by atoms with van der Waals surface area (Å²) in [4.78, 5) is 8.22. The van der Waals surface area contributed by atoms with E-state index in [1.165, 1.54) is 6.42 Å². The van der Waals surface area contributed by atoms with Crippen LogP contribution in [0.25, 0.3) is 0 Å². The first-order valence-electron chi connectivity index (χ1n) is 4.98. The number of anilines is 1. The van der Waals surface area contributed by atoms with E-state index < -0.39 is 0 Å². The standard InChI is InChI=1S/C10H14IN3O/c1-15-6-10(3-2-4-10)14-9-8(11)5-12-7-13-9/h5,7H,2-4,6H2,1H3,(H,12,13,14). The van der Waals surface area contributed by atoms with E-state index in [1.54, 1.807) is 13.4 Å². The minimum Gasteiger partial charge on any atom is -0.382 e. The van der Waals surface area contributed by atoms with Crippen LogP contribution in [-0.2, 0) is 4.74 Å². The van der Waals surface area contributed by atoms with E-state index in [9.17, 15) is 0 Å². The molecule has 15 heavy (non-hydrogen) atoms. The Balaban J connectivity index is 2.10. The Morgan fingerprint density at radius 1 is 1.60 bits per heavy atom. The zero-order valence-electron chi connectivity index (χ0n) is 8.66. The van der Waals surface area contributed by atoms with Crippen LogP contribution in [0.5, 0.6) is 0 Å². The van der Waals surface area contributed by atoms with Crippen LogP contribution in [0.1, 0.15) is 19.3 Å². The quantitative estimate of drug-likeness (QED) is 0.863. The maximum Gasteiger partial charge on any atom is 0.143 e. The van der Waals surface area contributed by atoms with Crippen LogP contribution in [-0.4, -0.2) is 29.2 Å². The first-order chi connectivity index (χ1) is 7.26. The fourth-order valence-electron chi connectivity index (χ4n) is 1.84. The highest BCUT2D eigenvalue weighted by atomic mass is 127. The Bertz CT molecular complexity index is 341. The number of rotatable bonds is 4. The van der Waals surface area contributed by atoms with Gasteiger partial charge in [-0.05, 0) is 41.9 Å². The summed E-state index contributed by atoms with van der Waals surface area (Å²) in [5.41, 5.74) is 0.100. The van der Waals surface area contributed by atoms with E-state index in [2.05, 4.69) is 37.9 Å². The molecule has 0 radical (unpaired) electrons. The van der Waals surface area contributed by atoms with Gasteiger partial charge in [0.15, 0.2) is 0 Å². The Morgan fingerprint density at radius 2 is 2.40 bits per heavy atom. The Hall–Kier alpha value is -0.430. The van der Waals surface area contributed by atoms with Gasteiger partial charge in [0.2, 0.25) is 0 Å². The molecule has 5 heteroatoms. The molecule has 0 bridgehead atoms. The van der Waals surface area contributed by atoms with E-state index in [0.29, 0.717) is 0 Å². The highest BCUT2D eigenvalue weighted by Crippen LogP contribution is 2.35. The summed E-state index contributed by atoms with van der Waals surface area (Å²) >= 11 is 2.24. The topological polar surface area (TPSA) is 47.0 Å². The summed E-state index contributed by atoms with van der Waals surface area (Å²) in [6, 6.07) is 0. The predicted molar refractivity (Wildman–Crippen MR) is 66.8 cm³/mol. The monoisotopic (exact) mass is 319 g/mol. The largest absolute Gasteiger partial charge is 0.382 e. The van der Waals surface area contributed by atoms with Crippen LogP contribution >= 0.6 is 22.6 Å². The van der Waals surface area contributed by atoms with Crippen LogP contribution in [0, 0.1) is 3.57 Å². The molecule has 1 heterocycles. The van der Waals surface area contributed by atoms with Gasteiger partial charge in [-0.3, -0.25) is 0 Å². The fraction of sp³-hybridized carbons (Fsp3) is 0.600. The molecule has 1 aromatic heterocycles. The van der Waals surface area contributed by atoms with Gasteiger partial charge in [0.05, 0.1) is 15.7 Å². The zero-order chi connectivity index (χ0) is 10.7. The molecule has 0 spiro atoms. The zero-order valence-corrected chi connectivity index (χ0v) is 10.8. The van der Waals surface area contributed by atoms with Gasteiger partial charge in [-0.2, -0.15) is 0 Å². The smallest absolute Gasteiger partial charge is 0.143 e. The number of methoxy groups -OCH3 is 1. The SMILES string of the molecule is COCC1(Nc2ncncc2I)CCC1. The van der Waals surface area contributed by atoms with Gasteiger partial charge in [-0.15, -0.1) is 0 Å². The van der Waals surface area contributed by atoms with Crippen molar-refractivity contribution in [3.63, 3.8) is 0 Å². The van der Waals surface area contributed by atoms with Gasteiger partial charge in [-0.25, -0.2) is 9.97 Å². The molecule has 1 saturated carbocycles. The number of aromatic nitrogens is 2. The maximum atomic E-state index is 5.25. The lowest BCUT2D eigenvalue weighted by Crippen LogP contribution is -2.49. The summed E-state index contributed by atoms with van der Waals surface area (Å²) in [7, 11) is 1.74. The Labute approximate surface area is 103 Å².